The maximum Gasteiger partial charge on any atom is 0.251 e. The lowest BCUT2D eigenvalue weighted by atomic mass is 9.95. The fourth-order valence-corrected chi connectivity index (χ4v) is 6.37. The van der Waals surface area contributed by atoms with Gasteiger partial charge in [-0.1, -0.05) is 12.1 Å². The van der Waals surface area contributed by atoms with Crippen molar-refractivity contribution < 1.29 is 18.0 Å². The number of nitrogens with one attached hydrogen (secondary N) is 1. The summed E-state index contributed by atoms with van der Waals surface area (Å²) in [4.78, 5) is 28.5. The number of nitrogens with zero attached hydrogens (tertiary/aromatic N) is 2. The predicted molar refractivity (Wildman–Crippen MR) is 115 cm³/mol. The number of hydrogen-bond donors (Lipinski definition) is 1. The first kappa shape index (κ1) is 21.5. The first-order chi connectivity index (χ1) is 13.5. The number of anilines is 1. The first-order valence-electron chi connectivity index (χ1n) is 9.18. The summed E-state index contributed by atoms with van der Waals surface area (Å²) in [5, 5.41) is 4.90. The SMILES string of the molecule is CN(C)C(CNC(=O)c1cccc(N2C(=O)C(C)(C)CS2(=O)=O)c1)c1cccs1. The van der Waals surface area contributed by atoms with Gasteiger partial charge in [0.1, 0.15) is 0 Å². The van der Waals surface area contributed by atoms with Crippen LogP contribution in [0.15, 0.2) is 41.8 Å². The molecule has 1 N–H and O–H groups in total. The van der Waals surface area contributed by atoms with Crippen molar-refractivity contribution in [1.82, 2.24) is 10.2 Å². The lowest BCUT2D eigenvalue weighted by Crippen LogP contribution is -2.35. The van der Waals surface area contributed by atoms with E-state index in [4.69, 9.17) is 0 Å². The summed E-state index contributed by atoms with van der Waals surface area (Å²) in [6, 6.07) is 10.2. The van der Waals surface area contributed by atoms with Crippen molar-refractivity contribution in [3.05, 3.63) is 52.2 Å². The van der Waals surface area contributed by atoms with Crippen molar-refractivity contribution in [2.24, 2.45) is 5.41 Å². The molecule has 1 aromatic heterocycles. The minimum absolute atomic E-state index is 0.0310. The molecule has 0 aliphatic carbocycles. The van der Waals surface area contributed by atoms with Crippen molar-refractivity contribution in [1.29, 1.82) is 0 Å². The van der Waals surface area contributed by atoms with Crippen LogP contribution in [0.4, 0.5) is 5.69 Å². The second-order valence-electron chi connectivity index (χ2n) is 7.96. The Balaban J connectivity index is 1.79. The summed E-state index contributed by atoms with van der Waals surface area (Å²) < 4.78 is 25.8. The van der Waals surface area contributed by atoms with E-state index in [0.29, 0.717) is 12.1 Å². The Morgan fingerprint density at radius 3 is 2.55 bits per heavy atom. The van der Waals surface area contributed by atoms with E-state index < -0.39 is 21.3 Å². The van der Waals surface area contributed by atoms with Crippen LogP contribution in [0.25, 0.3) is 0 Å². The molecule has 0 bridgehead atoms. The highest BCUT2D eigenvalue weighted by molar-refractivity contribution is 7.94. The summed E-state index contributed by atoms with van der Waals surface area (Å²) in [7, 11) is 0.135. The molecule has 1 fully saturated rings. The quantitative estimate of drug-likeness (QED) is 0.753. The van der Waals surface area contributed by atoms with Gasteiger partial charge in [0.2, 0.25) is 15.9 Å². The average molecular weight is 436 g/mol. The molecule has 1 aliphatic rings. The molecule has 2 aromatic rings. The zero-order valence-corrected chi connectivity index (χ0v) is 18.5. The zero-order chi connectivity index (χ0) is 21.4. The molecule has 0 saturated carbocycles. The number of carbonyl (C=O) groups is 2. The van der Waals surface area contributed by atoms with Crippen LogP contribution in [0, 0.1) is 5.41 Å². The van der Waals surface area contributed by atoms with Gasteiger partial charge in [0, 0.05) is 17.0 Å². The van der Waals surface area contributed by atoms with Gasteiger partial charge in [-0.15, -0.1) is 11.3 Å². The van der Waals surface area contributed by atoms with Crippen LogP contribution in [0.3, 0.4) is 0 Å². The number of amides is 2. The number of rotatable bonds is 6. The number of sulfonamides is 1. The van der Waals surface area contributed by atoms with Crippen LogP contribution in [-0.2, 0) is 14.8 Å². The predicted octanol–water partition coefficient (Wildman–Crippen LogP) is 2.48. The minimum atomic E-state index is -3.76. The molecule has 1 unspecified atom stereocenters. The summed E-state index contributed by atoms with van der Waals surface area (Å²) in [5.74, 6) is -1.06. The van der Waals surface area contributed by atoms with Crippen molar-refractivity contribution in [3.63, 3.8) is 0 Å². The summed E-state index contributed by atoms with van der Waals surface area (Å²) in [6.45, 7) is 3.62. The Hall–Kier alpha value is -2.23. The lowest BCUT2D eigenvalue weighted by molar-refractivity contribution is -0.123. The van der Waals surface area contributed by atoms with Gasteiger partial charge in [0.05, 0.1) is 22.9 Å². The fourth-order valence-electron chi connectivity index (χ4n) is 3.34. The van der Waals surface area contributed by atoms with Gasteiger partial charge in [-0.2, -0.15) is 0 Å². The number of benzene rings is 1. The van der Waals surface area contributed by atoms with Gasteiger partial charge in [-0.3, -0.25) is 9.59 Å². The van der Waals surface area contributed by atoms with Crippen LogP contribution in [0.5, 0.6) is 0 Å². The van der Waals surface area contributed by atoms with Crippen LogP contribution >= 0.6 is 11.3 Å². The number of hydrogen-bond acceptors (Lipinski definition) is 6. The molecule has 29 heavy (non-hydrogen) atoms. The molecule has 2 amide bonds. The van der Waals surface area contributed by atoms with Crippen molar-refractivity contribution in [3.8, 4) is 0 Å². The summed E-state index contributed by atoms with van der Waals surface area (Å²) >= 11 is 1.62. The topological polar surface area (TPSA) is 86.8 Å². The van der Waals surface area contributed by atoms with Gasteiger partial charge in [0.15, 0.2) is 0 Å². The highest BCUT2D eigenvalue weighted by atomic mass is 32.2. The standard InChI is InChI=1S/C20H25N3O4S2/c1-20(2)13-29(26,27)23(19(20)25)15-8-5-7-14(11-15)18(24)21-12-16(22(3)4)17-9-6-10-28-17/h5-11,16H,12-13H2,1-4H3,(H,21,24). The second kappa shape index (κ2) is 7.89. The van der Waals surface area contributed by atoms with Gasteiger partial charge < -0.3 is 10.2 Å². The third-order valence-corrected chi connectivity index (χ3v) is 7.87. The molecule has 0 radical (unpaired) electrons. The smallest absolute Gasteiger partial charge is 0.251 e. The largest absolute Gasteiger partial charge is 0.350 e. The molecule has 3 rings (SSSR count). The van der Waals surface area contributed by atoms with E-state index in [0.717, 1.165) is 9.18 Å². The third-order valence-electron chi connectivity index (χ3n) is 4.88. The van der Waals surface area contributed by atoms with Crippen molar-refractivity contribution in [2.45, 2.75) is 19.9 Å². The van der Waals surface area contributed by atoms with Crippen molar-refractivity contribution in [2.75, 3.05) is 30.7 Å². The van der Waals surface area contributed by atoms with Crippen LogP contribution in [0.1, 0.15) is 35.1 Å². The fraction of sp³-hybridized carbons (Fsp3) is 0.400. The molecule has 1 atom stereocenters. The molecule has 156 valence electrons. The lowest BCUT2D eigenvalue weighted by Gasteiger charge is -2.23. The minimum Gasteiger partial charge on any atom is -0.350 e. The van der Waals surface area contributed by atoms with E-state index >= 15 is 0 Å². The van der Waals surface area contributed by atoms with E-state index in [1.807, 2.05) is 36.5 Å². The zero-order valence-electron chi connectivity index (χ0n) is 16.9. The van der Waals surface area contributed by atoms with Gasteiger partial charge in [-0.05, 0) is 57.6 Å². The number of likely N-dealkylation sites (N-methyl/N-ethyl adjacent to an activating group) is 1. The molecule has 0 spiro atoms. The Labute approximate surface area is 175 Å². The summed E-state index contributed by atoms with van der Waals surface area (Å²) in [5.41, 5.74) is -0.494. The molecule has 9 heteroatoms. The van der Waals surface area contributed by atoms with Gasteiger partial charge >= 0.3 is 0 Å². The van der Waals surface area contributed by atoms with E-state index in [2.05, 4.69) is 5.32 Å². The monoisotopic (exact) mass is 435 g/mol. The van der Waals surface area contributed by atoms with E-state index in [1.54, 1.807) is 37.3 Å². The molecule has 1 aliphatic heterocycles. The Bertz CT molecular complexity index is 1010. The maximum absolute atomic E-state index is 12.7. The second-order valence-corrected chi connectivity index (χ2v) is 10.8. The summed E-state index contributed by atoms with van der Waals surface area (Å²) in [6.07, 6.45) is 0. The van der Waals surface area contributed by atoms with E-state index in [1.165, 1.54) is 12.1 Å². The normalized spacial score (nSPS) is 18.8. The third kappa shape index (κ3) is 4.36. The van der Waals surface area contributed by atoms with E-state index in [9.17, 15) is 18.0 Å². The highest BCUT2D eigenvalue weighted by Gasteiger charge is 2.49. The van der Waals surface area contributed by atoms with Crippen molar-refractivity contribution >= 4 is 38.9 Å². The molecular formula is C20H25N3O4S2. The molecule has 7 nitrogen and oxygen atoms in total. The first-order valence-corrected chi connectivity index (χ1v) is 11.7. The Morgan fingerprint density at radius 1 is 1.28 bits per heavy atom. The highest BCUT2D eigenvalue weighted by Crippen LogP contribution is 2.36. The molecule has 1 aromatic carbocycles. The molecular weight excluding hydrogens is 410 g/mol. The average Bonchev–Trinajstić information content (AvgIpc) is 3.19. The number of thiophene rings is 1. The van der Waals surface area contributed by atoms with Gasteiger partial charge in [0.25, 0.3) is 5.91 Å². The molecule has 1 saturated heterocycles. The van der Waals surface area contributed by atoms with Crippen LogP contribution in [0.2, 0.25) is 0 Å². The maximum atomic E-state index is 12.7. The Morgan fingerprint density at radius 2 is 2.00 bits per heavy atom. The number of carbonyl (C=O) groups excluding carboxylic acids is 2. The van der Waals surface area contributed by atoms with Crippen LogP contribution < -0.4 is 9.62 Å². The molecule has 2 heterocycles. The van der Waals surface area contributed by atoms with E-state index in [-0.39, 0.29) is 23.4 Å². The van der Waals surface area contributed by atoms with Gasteiger partial charge in [-0.25, -0.2) is 12.7 Å². The van der Waals surface area contributed by atoms with Crippen LogP contribution in [-0.4, -0.2) is 51.5 Å². The Kier molecular flexibility index (Phi) is 5.84.